The lowest BCUT2D eigenvalue weighted by Crippen LogP contribution is -1.93. The fourth-order valence-electron chi connectivity index (χ4n) is 1.53. The number of benzene rings is 2. The molecule has 1 N–H and O–H groups in total. The van der Waals surface area contributed by atoms with Crippen LogP contribution in [-0.2, 0) is 0 Å². The Hall–Kier alpha value is -1.67. The van der Waals surface area contributed by atoms with Crippen molar-refractivity contribution in [1.29, 1.82) is 0 Å². The molecule has 2 rings (SSSR count). The Kier molecular flexibility index (Phi) is 3.89. The highest BCUT2D eigenvalue weighted by Gasteiger charge is 1.97. The second-order valence-electron chi connectivity index (χ2n) is 3.59. The second-order valence-corrected chi connectivity index (χ2v) is 4.03. The highest BCUT2D eigenvalue weighted by atomic mass is 35.5. The average Bonchev–Trinajstić information content (AvgIpc) is 2.33. The van der Waals surface area contributed by atoms with E-state index < -0.39 is 0 Å². The monoisotopic (exact) mass is 247 g/mol. The number of rotatable bonds is 4. The summed E-state index contributed by atoms with van der Waals surface area (Å²) < 4.78 is 5.44. The molecule has 0 spiro atoms. The summed E-state index contributed by atoms with van der Waals surface area (Å²) in [7, 11) is 0. The minimum absolute atomic E-state index is 0.671. The van der Waals surface area contributed by atoms with E-state index in [0.717, 1.165) is 22.1 Å². The molecule has 88 valence electrons. The van der Waals surface area contributed by atoms with Crippen LogP contribution >= 0.6 is 11.6 Å². The lowest BCUT2D eigenvalue weighted by atomic mass is 10.2. The molecule has 0 aliphatic carbocycles. The zero-order valence-electron chi connectivity index (χ0n) is 9.61. The lowest BCUT2D eigenvalue weighted by molar-refractivity contribution is 0.340. The maximum Gasteiger partial charge on any atom is 0.121 e. The minimum Gasteiger partial charge on any atom is -0.494 e. The summed E-state index contributed by atoms with van der Waals surface area (Å²) in [5.41, 5.74) is 2.00. The topological polar surface area (TPSA) is 21.3 Å². The van der Waals surface area contributed by atoms with Crippen molar-refractivity contribution in [2.45, 2.75) is 6.92 Å². The molecule has 0 saturated heterocycles. The third kappa shape index (κ3) is 3.40. The van der Waals surface area contributed by atoms with E-state index in [4.69, 9.17) is 16.3 Å². The van der Waals surface area contributed by atoms with Crippen molar-refractivity contribution in [3.05, 3.63) is 53.6 Å². The van der Waals surface area contributed by atoms with E-state index in [1.807, 2.05) is 55.5 Å². The van der Waals surface area contributed by atoms with E-state index in [2.05, 4.69) is 5.32 Å². The highest BCUT2D eigenvalue weighted by Crippen LogP contribution is 2.22. The quantitative estimate of drug-likeness (QED) is 0.860. The molecular weight excluding hydrogens is 234 g/mol. The number of hydrogen-bond donors (Lipinski definition) is 1. The summed E-state index contributed by atoms with van der Waals surface area (Å²) in [6, 6.07) is 15.5. The number of nitrogens with one attached hydrogen (secondary N) is 1. The summed E-state index contributed by atoms with van der Waals surface area (Å²) in [5, 5.41) is 4.03. The van der Waals surface area contributed by atoms with Crippen LogP contribution in [0, 0.1) is 0 Å². The first kappa shape index (κ1) is 11.8. The van der Waals surface area contributed by atoms with E-state index in [0.29, 0.717) is 6.61 Å². The van der Waals surface area contributed by atoms with Crippen LogP contribution in [0.4, 0.5) is 11.4 Å². The summed E-state index contributed by atoms with van der Waals surface area (Å²) in [6.45, 7) is 2.64. The Morgan fingerprint density at radius 1 is 1.06 bits per heavy atom. The minimum atomic E-state index is 0.671. The molecule has 0 bridgehead atoms. The smallest absolute Gasteiger partial charge is 0.121 e. The zero-order valence-corrected chi connectivity index (χ0v) is 10.4. The predicted molar refractivity (Wildman–Crippen MR) is 72.3 cm³/mol. The summed E-state index contributed by atoms with van der Waals surface area (Å²) in [5.74, 6) is 0.867. The van der Waals surface area contributed by atoms with Gasteiger partial charge in [0.05, 0.1) is 6.61 Å². The molecule has 2 aromatic carbocycles. The molecule has 0 fully saturated rings. The van der Waals surface area contributed by atoms with Gasteiger partial charge in [-0.15, -0.1) is 0 Å². The standard InChI is InChI=1S/C14H14ClNO/c1-2-17-14-5-3-4-13(10-14)16-12-8-6-11(15)7-9-12/h3-10,16H,2H2,1H3. The first-order valence-electron chi connectivity index (χ1n) is 5.53. The molecule has 0 aromatic heterocycles. The van der Waals surface area contributed by atoms with Crippen molar-refractivity contribution < 1.29 is 4.74 Å². The van der Waals surface area contributed by atoms with Crippen molar-refractivity contribution in [3.63, 3.8) is 0 Å². The van der Waals surface area contributed by atoms with E-state index in [9.17, 15) is 0 Å². The first-order chi connectivity index (χ1) is 8.28. The Bertz CT molecular complexity index is 482. The summed E-state index contributed by atoms with van der Waals surface area (Å²) in [6.07, 6.45) is 0. The van der Waals surface area contributed by atoms with Gasteiger partial charge >= 0.3 is 0 Å². The van der Waals surface area contributed by atoms with Gasteiger partial charge in [0, 0.05) is 22.5 Å². The predicted octanol–water partition coefficient (Wildman–Crippen LogP) is 4.48. The molecule has 0 amide bonds. The van der Waals surface area contributed by atoms with Crippen LogP contribution in [0.5, 0.6) is 5.75 Å². The van der Waals surface area contributed by atoms with Crippen LogP contribution in [0.15, 0.2) is 48.5 Å². The Labute approximate surface area is 106 Å². The van der Waals surface area contributed by atoms with Gasteiger partial charge in [-0.2, -0.15) is 0 Å². The van der Waals surface area contributed by atoms with E-state index in [1.165, 1.54) is 0 Å². The molecule has 0 unspecified atom stereocenters. The van der Waals surface area contributed by atoms with Gasteiger partial charge in [-0.25, -0.2) is 0 Å². The number of anilines is 2. The SMILES string of the molecule is CCOc1cccc(Nc2ccc(Cl)cc2)c1. The van der Waals surface area contributed by atoms with Crippen LogP contribution in [-0.4, -0.2) is 6.61 Å². The molecule has 2 aromatic rings. The van der Waals surface area contributed by atoms with Gasteiger partial charge in [0.1, 0.15) is 5.75 Å². The highest BCUT2D eigenvalue weighted by molar-refractivity contribution is 6.30. The second kappa shape index (κ2) is 5.60. The fourth-order valence-corrected chi connectivity index (χ4v) is 1.66. The third-order valence-electron chi connectivity index (χ3n) is 2.28. The van der Waals surface area contributed by atoms with Crippen LogP contribution in [0.1, 0.15) is 6.92 Å². The van der Waals surface area contributed by atoms with E-state index in [-0.39, 0.29) is 0 Å². The molecule has 0 heterocycles. The van der Waals surface area contributed by atoms with Crippen molar-refractivity contribution in [1.82, 2.24) is 0 Å². The van der Waals surface area contributed by atoms with Gasteiger partial charge < -0.3 is 10.1 Å². The normalized spacial score (nSPS) is 10.0. The van der Waals surface area contributed by atoms with Crippen LogP contribution < -0.4 is 10.1 Å². The molecule has 0 aliphatic rings. The van der Waals surface area contributed by atoms with Crippen molar-refractivity contribution >= 4 is 23.0 Å². The average molecular weight is 248 g/mol. The van der Waals surface area contributed by atoms with Gasteiger partial charge in [0.2, 0.25) is 0 Å². The maximum atomic E-state index is 5.83. The van der Waals surface area contributed by atoms with Crippen LogP contribution in [0.25, 0.3) is 0 Å². The Morgan fingerprint density at radius 3 is 2.53 bits per heavy atom. The Morgan fingerprint density at radius 2 is 1.82 bits per heavy atom. The molecule has 3 heteroatoms. The Balaban J connectivity index is 2.12. The zero-order chi connectivity index (χ0) is 12.1. The van der Waals surface area contributed by atoms with Gasteiger partial charge in [-0.3, -0.25) is 0 Å². The first-order valence-corrected chi connectivity index (χ1v) is 5.91. The van der Waals surface area contributed by atoms with E-state index >= 15 is 0 Å². The molecule has 0 aliphatic heterocycles. The van der Waals surface area contributed by atoms with Crippen LogP contribution in [0.2, 0.25) is 5.02 Å². The molecule has 0 atom stereocenters. The van der Waals surface area contributed by atoms with Gasteiger partial charge in [0.25, 0.3) is 0 Å². The molecule has 0 radical (unpaired) electrons. The third-order valence-corrected chi connectivity index (χ3v) is 2.53. The summed E-state index contributed by atoms with van der Waals surface area (Å²) in [4.78, 5) is 0. The molecule has 0 saturated carbocycles. The summed E-state index contributed by atoms with van der Waals surface area (Å²) >= 11 is 5.83. The van der Waals surface area contributed by atoms with Crippen LogP contribution in [0.3, 0.4) is 0 Å². The van der Waals surface area contributed by atoms with Gasteiger partial charge in [-0.1, -0.05) is 17.7 Å². The molecular formula is C14H14ClNO. The maximum absolute atomic E-state index is 5.83. The van der Waals surface area contributed by atoms with Crippen molar-refractivity contribution in [2.24, 2.45) is 0 Å². The van der Waals surface area contributed by atoms with Gasteiger partial charge in [-0.05, 0) is 43.3 Å². The molecule has 2 nitrogen and oxygen atoms in total. The van der Waals surface area contributed by atoms with Crippen molar-refractivity contribution in [3.8, 4) is 5.75 Å². The number of ether oxygens (including phenoxy) is 1. The number of hydrogen-bond acceptors (Lipinski definition) is 2. The molecule has 17 heavy (non-hydrogen) atoms. The van der Waals surface area contributed by atoms with E-state index in [1.54, 1.807) is 0 Å². The largest absolute Gasteiger partial charge is 0.494 e. The number of halogens is 1. The lowest BCUT2D eigenvalue weighted by Gasteiger charge is -2.08. The van der Waals surface area contributed by atoms with Crippen molar-refractivity contribution in [2.75, 3.05) is 11.9 Å². The van der Waals surface area contributed by atoms with Gasteiger partial charge in [0.15, 0.2) is 0 Å². The fraction of sp³-hybridized carbons (Fsp3) is 0.143.